The molecule has 0 aliphatic carbocycles. The van der Waals surface area contributed by atoms with E-state index >= 15 is 0 Å². The van der Waals surface area contributed by atoms with Crippen molar-refractivity contribution in [2.24, 2.45) is 5.41 Å². The van der Waals surface area contributed by atoms with Gasteiger partial charge in [-0.1, -0.05) is 26.8 Å². The summed E-state index contributed by atoms with van der Waals surface area (Å²) in [5, 5.41) is 3.39. The average molecular weight is 206 g/mol. The van der Waals surface area contributed by atoms with E-state index in [1.807, 2.05) is 20.2 Å². The van der Waals surface area contributed by atoms with Crippen molar-refractivity contribution in [3.63, 3.8) is 0 Å². The lowest BCUT2D eigenvalue weighted by Gasteiger charge is -2.33. The first-order chi connectivity index (χ1) is 7.01. The van der Waals surface area contributed by atoms with Gasteiger partial charge < -0.3 is 5.32 Å². The van der Waals surface area contributed by atoms with E-state index in [1.54, 1.807) is 0 Å². The summed E-state index contributed by atoms with van der Waals surface area (Å²) in [5.41, 5.74) is 2.60. The molecular weight excluding hydrogens is 184 g/mol. The van der Waals surface area contributed by atoms with Crippen LogP contribution in [0.15, 0.2) is 18.3 Å². The van der Waals surface area contributed by atoms with Crippen molar-refractivity contribution in [3.05, 3.63) is 29.6 Å². The smallest absolute Gasteiger partial charge is 0.0384 e. The summed E-state index contributed by atoms with van der Waals surface area (Å²) in [6, 6.07) is 4.61. The van der Waals surface area contributed by atoms with Crippen LogP contribution in [0.1, 0.15) is 44.5 Å². The summed E-state index contributed by atoms with van der Waals surface area (Å²) in [6.45, 7) is 8.82. The van der Waals surface area contributed by atoms with Crippen molar-refractivity contribution >= 4 is 0 Å². The zero-order valence-electron chi connectivity index (χ0n) is 10.5. The van der Waals surface area contributed by atoms with Crippen LogP contribution >= 0.6 is 0 Å². The van der Waals surface area contributed by atoms with E-state index in [1.165, 1.54) is 5.56 Å². The Morgan fingerprint density at radius 3 is 2.47 bits per heavy atom. The Kier molecular flexibility index (Phi) is 3.86. The number of hydrogen-bond donors (Lipinski definition) is 1. The minimum absolute atomic E-state index is 0.256. The van der Waals surface area contributed by atoms with E-state index < -0.39 is 0 Å². The topological polar surface area (TPSA) is 24.9 Å². The standard InChI is InChI=1S/C13H22N2/c1-6-13(3,4)12(14-5)11-8-7-10(2)15-9-11/h7-9,12,14H,6H2,1-5H3. The van der Waals surface area contributed by atoms with E-state index in [-0.39, 0.29) is 5.41 Å². The van der Waals surface area contributed by atoms with Crippen LogP contribution < -0.4 is 5.32 Å². The Hall–Kier alpha value is -0.890. The molecule has 0 aliphatic heterocycles. The van der Waals surface area contributed by atoms with Gasteiger partial charge in [0.05, 0.1) is 0 Å². The monoisotopic (exact) mass is 206 g/mol. The number of nitrogens with one attached hydrogen (secondary N) is 1. The van der Waals surface area contributed by atoms with Crippen LogP contribution in [0.4, 0.5) is 0 Å². The SMILES string of the molecule is CCC(C)(C)C(NC)c1ccc(C)nc1. The summed E-state index contributed by atoms with van der Waals surface area (Å²) >= 11 is 0. The normalized spacial score (nSPS) is 13.9. The van der Waals surface area contributed by atoms with Crippen LogP contribution in [0.2, 0.25) is 0 Å². The largest absolute Gasteiger partial charge is 0.312 e. The van der Waals surface area contributed by atoms with Crippen LogP contribution in [0.3, 0.4) is 0 Å². The molecule has 0 saturated carbocycles. The average Bonchev–Trinajstić information content (AvgIpc) is 2.22. The lowest BCUT2D eigenvalue weighted by molar-refractivity contribution is 0.245. The van der Waals surface area contributed by atoms with Gasteiger partial charge in [0.15, 0.2) is 0 Å². The van der Waals surface area contributed by atoms with E-state index in [4.69, 9.17) is 0 Å². The molecule has 1 aromatic heterocycles. The Labute approximate surface area is 93.1 Å². The fraction of sp³-hybridized carbons (Fsp3) is 0.615. The third-order valence-electron chi connectivity index (χ3n) is 3.25. The van der Waals surface area contributed by atoms with Crippen molar-refractivity contribution in [2.75, 3.05) is 7.05 Å². The predicted octanol–water partition coefficient (Wildman–Crippen LogP) is 3.09. The quantitative estimate of drug-likeness (QED) is 0.819. The molecule has 2 nitrogen and oxygen atoms in total. The van der Waals surface area contributed by atoms with Crippen LogP contribution in [0.25, 0.3) is 0 Å². The molecule has 1 aromatic rings. The molecule has 0 aromatic carbocycles. The van der Waals surface area contributed by atoms with Crippen molar-refractivity contribution in [3.8, 4) is 0 Å². The van der Waals surface area contributed by atoms with Gasteiger partial charge in [0.1, 0.15) is 0 Å². The molecule has 0 saturated heterocycles. The zero-order chi connectivity index (χ0) is 11.5. The molecule has 1 rings (SSSR count). The molecule has 0 bridgehead atoms. The van der Waals surface area contributed by atoms with Gasteiger partial charge in [-0.3, -0.25) is 4.98 Å². The maximum Gasteiger partial charge on any atom is 0.0384 e. The summed E-state index contributed by atoms with van der Waals surface area (Å²) in [4.78, 5) is 4.36. The third-order valence-corrected chi connectivity index (χ3v) is 3.25. The third kappa shape index (κ3) is 2.78. The lowest BCUT2D eigenvalue weighted by Crippen LogP contribution is -2.31. The molecular formula is C13H22N2. The second-order valence-corrected chi connectivity index (χ2v) is 4.80. The number of aromatic nitrogens is 1. The number of hydrogen-bond acceptors (Lipinski definition) is 2. The van der Waals surface area contributed by atoms with Gasteiger partial charge in [-0.05, 0) is 37.4 Å². The molecule has 0 radical (unpaired) electrons. The highest BCUT2D eigenvalue weighted by Gasteiger charge is 2.27. The number of nitrogens with zero attached hydrogens (tertiary/aromatic N) is 1. The molecule has 1 unspecified atom stereocenters. The Morgan fingerprint density at radius 1 is 1.40 bits per heavy atom. The van der Waals surface area contributed by atoms with Crippen LogP contribution in [-0.4, -0.2) is 12.0 Å². The first-order valence-electron chi connectivity index (χ1n) is 5.61. The Bertz CT molecular complexity index is 301. The van der Waals surface area contributed by atoms with Gasteiger partial charge in [0, 0.05) is 17.9 Å². The van der Waals surface area contributed by atoms with Gasteiger partial charge in [0.2, 0.25) is 0 Å². The van der Waals surface area contributed by atoms with Crippen LogP contribution in [0.5, 0.6) is 0 Å². The summed E-state index contributed by atoms with van der Waals surface area (Å²) < 4.78 is 0. The Morgan fingerprint density at radius 2 is 2.07 bits per heavy atom. The van der Waals surface area contributed by atoms with E-state index in [9.17, 15) is 0 Å². The van der Waals surface area contributed by atoms with Gasteiger partial charge in [-0.2, -0.15) is 0 Å². The molecule has 2 heteroatoms. The summed E-state index contributed by atoms with van der Waals surface area (Å²) in [5.74, 6) is 0. The maximum atomic E-state index is 4.36. The zero-order valence-corrected chi connectivity index (χ0v) is 10.5. The molecule has 1 atom stereocenters. The molecule has 0 fully saturated rings. The number of aryl methyl sites for hydroxylation is 1. The minimum atomic E-state index is 0.256. The number of pyridine rings is 1. The lowest BCUT2D eigenvalue weighted by atomic mass is 9.79. The summed E-state index contributed by atoms with van der Waals surface area (Å²) in [6.07, 6.45) is 3.13. The fourth-order valence-electron chi connectivity index (χ4n) is 1.86. The highest BCUT2D eigenvalue weighted by molar-refractivity contribution is 5.19. The van der Waals surface area contributed by atoms with Gasteiger partial charge >= 0.3 is 0 Å². The summed E-state index contributed by atoms with van der Waals surface area (Å²) in [7, 11) is 2.02. The predicted molar refractivity (Wildman–Crippen MR) is 64.8 cm³/mol. The first kappa shape index (κ1) is 12.2. The molecule has 0 amide bonds. The fourth-order valence-corrected chi connectivity index (χ4v) is 1.86. The molecule has 15 heavy (non-hydrogen) atoms. The van der Waals surface area contributed by atoms with E-state index in [0.717, 1.165) is 12.1 Å². The molecule has 84 valence electrons. The van der Waals surface area contributed by atoms with Gasteiger partial charge in [-0.15, -0.1) is 0 Å². The van der Waals surface area contributed by atoms with Gasteiger partial charge in [0.25, 0.3) is 0 Å². The van der Waals surface area contributed by atoms with E-state index in [0.29, 0.717) is 6.04 Å². The van der Waals surface area contributed by atoms with Crippen molar-refractivity contribution in [1.29, 1.82) is 0 Å². The molecule has 1 heterocycles. The molecule has 0 spiro atoms. The molecule has 1 N–H and O–H groups in total. The van der Waals surface area contributed by atoms with Crippen molar-refractivity contribution in [1.82, 2.24) is 10.3 Å². The first-order valence-corrected chi connectivity index (χ1v) is 5.61. The van der Waals surface area contributed by atoms with Crippen molar-refractivity contribution in [2.45, 2.75) is 40.2 Å². The van der Waals surface area contributed by atoms with Crippen LogP contribution in [-0.2, 0) is 0 Å². The van der Waals surface area contributed by atoms with Gasteiger partial charge in [-0.25, -0.2) is 0 Å². The van der Waals surface area contributed by atoms with Crippen LogP contribution in [0, 0.1) is 12.3 Å². The van der Waals surface area contributed by atoms with E-state index in [2.05, 4.69) is 43.2 Å². The minimum Gasteiger partial charge on any atom is -0.312 e. The molecule has 0 aliphatic rings. The second-order valence-electron chi connectivity index (χ2n) is 4.80. The maximum absolute atomic E-state index is 4.36. The van der Waals surface area contributed by atoms with Crippen molar-refractivity contribution < 1.29 is 0 Å². The second kappa shape index (κ2) is 4.75. The highest BCUT2D eigenvalue weighted by Crippen LogP contribution is 2.35. The Balaban J connectivity index is 2.97. The highest BCUT2D eigenvalue weighted by atomic mass is 14.9. The number of rotatable bonds is 4.